The van der Waals surface area contributed by atoms with Crippen molar-refractivity contribution in [1.29, 1.82) is 0 Å². The highest BCUT2D eigenvalue weighted by molar-refractivity contribution is 5.96. The third kappa shape index (κ3) is 1.57. The largest absolute Gasteiger partial charge is 0.506 e. The predicted molar refractivity (Wildman–Crippen MR) is 80.7 cm³/mol. The van der Waals surface area contributed by atoms with Crippen LogP contribution < -0.4 is 0 Å². The molecule has 0 radical (unpaired) electrons. The van der Waals surface area contributed by atoms with Gasteiger partial charge in [-0.2, -0.15) is 0 Å². The van der Waals surface area contributed by atoms with Crippen molar-refractivity contribution >= 4 is 21.8 Å². The lowest BCUT2D eigenvalue weighted by Gasteiger charge is -2.03. The smallest absolute Gasteiger partial charge is 0.141 e. The van der Waals surface area contributed by atoms with Crippen molar-refractivity contribution in [2.24, 2.45) is 0 Å². The molecule has 2 N–H and O–H groups in total. The van der Waals surface area contributed by atoms with Crippen LogP contribution in [0, 0.1) is 0 Å². The van der Waals surface area contributed by atoms with Gasteiger partial charge in [0.15, 0.2) is 0 Å². The van der Waals surface area contributed by atoms with E-state index in [0.717, 1.165) is 27.5 Å². The van der Waals surface area contributed by atoms with Crippen LogP contribution >= 0.6 is 0 Å². The van der Waals surface area contributed by atoms with Gasteiger partial charge >= 0.3 is 0 Å². The van der Waals surface area contributed by atoms with Gasteiger partial charge in [-0.3, -0.25) is 0 Å². The monoisotopic (exact) mass is 260 g/mol. The summed E-state index contributed by atoms with van der Waals surface area (Å²) in [4.78, 5) is 7.84. The Morgan fingerprint density at radius 3 is 2.75 bits per heavy atom. The summed E-state index contributed by atoms with van der Waals surface area (Å²) in [6.07, 6.45) is 1.96. The summed E-state index contributed by atoms with van der Waals surface area (Å²) < 4.78 is 0. The standard InChI is InChI=1S/C17H12N2O/c20-16-7-3-4-11-8-9-15(19-17(11)16)13-10-18-14-6-2-1-5-12(13)14/h1-10,18,20H. The third-order valence-electron chi connectivity index (χ3n) is 3.56. The number of aromatic hydroxyl groups is 1. The normalized spacial score (nSPS) is 11.2. The van der Waals surface area contributed by atoms with Crippen LogP contribution in [-0.2, 0) is 0 Å². The van der Waals surface area contributed by atoms with Crippen molar-refractivity contribution in [2.45, 2.75) is 0 Å². The van der Waals surface area contributed by atoms with Gasteiger partial charge in [-0.25, -0.2) is 4.98 Å². The van der Waals surface area contributed by atoms with E-state index in [4.69, 9.17) is 0 Å². The highest BCUT2D eigenvalue weighted by Crippen LogP contribution is 2.30. The van der Waals surface area contributed by atoms with Crippen LogP contribution in [0.4, 0.5) is 0 Å². The molecule has 0 aliphatic heterocycles. The van der Waals surface area contributed by atoms with Crippen LogP contribution in [0.15, 0.2) is 60.8 Å². The summed E-state index contributed by atoms with van der Waals surface area (Å²) in [6.45, 7) is 0. The van der Waals surface area contributed by atoms with Crippen LogP contribution in [0.1, 0.15) is 0 Å². The molecule has 0 fully saturated rings. The van der Waals surface area contributed by atoms with E-state index in [9.17, 15) is 5.11 Å². The first-order valence-electron chi connectivity index (χ1n) is 6.48. The molecule has 0 saturated carbocycles. The van der Waals surface area contributed by atoms with Crippen LogP contribution in [0.3, 0.4) is 0 Å². The zero-order valence-electron chi connectivity index (χ0n) is 10.7. The minimum atomic E-state index is 0.212. The summed E-state index contributed by atoms with van der Waals surface area (Å²) in [5.74, 6) is 0.212. The minimum Gasteiger partial charge on any atom is -0.506 e. The van der Waals surface area contributed by atoms with E-state index in [1.807, 2.05) is 48.7 Å². The SMILES string of the molecule is Oc1cccc2ccc(-c3c[nH]c4ccccc34)nc12. The number of rotatable bonds is 1. The molecule has 3 nitrogen and oxygen atoms in total. The number of aromatic amines is 1. The molecule has 0 saturated heterocycles. The number of H-pyrrole nitrogens is 1. The number of hydrogen-bond donors (Lipinski definition) is 2. The number of fused-ring (bicyclic) bond motifs is 2. The Bertz CT molecular complexity index is 924. The molecule has 4 aromatic rings. The van der Waals surface area contributed by atoms with Crippen LogP contribution in [0.5, 0.6) is 5.75 Å². The van der Waals surface area contributed by atoms with Crippen molar-refractivity contribution in [2.75, 3.05) is 0 Å². The van der Waals surface area contributed by atoms with Crippen molar-refractivity contribution < 1.29 is 5.11 Å². The number of pyridine rings is 1. The molecule has 4 rings (SSSR count). The third-order valence-corrected chi connectivity index (χ3v) is 3.56. The van der Waals surface area contributed by atoms with Gasteiger partial charge < -0.3 is 10.1 Å². The molecule has 20 heavy (non-hydrogen) atoms. The fraction of sp³-hybridized carbons (Fsp3) is 0. The Labute approximate surface area is 115 Å². The van der Waals surface area contributed by atoms with Crippen molar-refractivity contribution in [1.82, 2.24) is 9.97 Å². The number of benzene rings is 2. The van der Waals surface area contributed by atoms with Crippen LogP contribution in [-0.4, -0.2) is 15.1 Å². The molecule has 2 aromatic heterocycles. The Kier molecular flexibility index (Phi) is 2.27. The molecule has 0 bridgehead atoms. The average Bonchev–Trinajstić information content (AvgIpc) is 2.91. The maximum atomic E-state index is 9.94. The molecule has 0 aliphatic carbocycles. The van der Waals surface area contributed by atoms with E-state index in [0.29, 0.717) is 5.52 Å². The van der Waals surface area contributed by atoms with E-state index >= 15 is 0 Å². The van der Waals surface area contributed by atoms with E-state index in [2.05, 4.69) is 16.0 Å². The molecule has 2 heterocycles. The lowest BCUT2D eigenvalue weighted by Crippen LogP contribution is -1.84. The first-order valence-corrected chi connectivity index (χ1v) is 6.48. The lowest BCUT2D eigenvalue weighted by molar-refractivity contribution is 0.480. The number of nitrogens with zero attached hydrogens (tertiary/aromatic N) is 1. The maximum Gasteiger partial charge on any atom is 0.141 e. The molecule has 0 aliphatic rings. The van der Waals surface area contributed by atoms with Gasteiger partial charge in [-0.15, -0.1) is 0 Å². The average molecular weight is 260 g/mol. The van der Waals surface area contributed by atoms with Crippen LogP contribution in [0.2, 0.25) is 0 Å². The predicted octanol–water partition coefficient (Wildman–Crippen LogP) is 4.09. The van der Waals surface area contributed by atoms with Crippen LogP contribution in [0.25, 0.3) is 33.1 Å². The zero-order chi connectivity index (χ0) is 13.5. The fourth-order valence-electron chi connectivity index (χ4n) is 2.56. The number of para-hydroxylation sites is 2. The summed E-state index contributed by atoms with van der Waals surface area (Å²) in [6, 6.07) is 17.5. The highest BCUT2D eigenvalue weighted by atomic mass is 16.3. The first-order chi connectivity index (χ1) is 9.83. The number of hydrogen-bond acceptors (Lipinski definition) is 2. The van der Waals surface area contributed by atoms with Gasteiger partial charge in [0.2, 0.25) is 0 Å². The lowest BCUT2D eigenvalue weighted by atomic mass is 10.1. The van der Waals surface area contributed by atoms with Gasteiger partial charge in [0.25, 0.3) is 0 Å². The number of phenols is 1. The molecule has 0 spiro atoms. The quantitative estimate of drug-likeness (QED) is 0.541. The maximum absolute atomic E-state index is 9.94. The molecule has 2 aromatic carbocycles. The highest BCUT2D eigenvalue weighted by Gasteiger charge is 2.08. The summed E-state index contributed by atoms with van der Waals surface area (Å²) >= 11 is 0. The number of aromatic nitrogens is 2. The van der Waals surface area contributed by atoms with Crippen molar-refractivity contribution in [3.05, 3.63) is 60.8 Å². The summed E-state index contributed by atoms with van der Waals surface area (Å²) in [7, 11) is 0. The molecule has 3 heteroatoms. The van der Waals surface area contributed by atoms with Gasteiger partial charge in [-0.05, 0) is 18.2 Å². The van der Waals surface area contributed by atoms with Crippen molar-refractivity contribution in [3.63, 3.8) is 0 Å². The Balaban J connectivity index is 2.00. The Morgan fingerprint density at radius 1 is 0.900 bits per heavy atom. The van der Waals surface area contributed by atoms with Gasteiger partial charge in [-0.1, -0.05) is 36.4 Å². The Morgan fingerprint density at radius 2 is 1.80 bits per heavy atom. The van der Waals surface area contributed by atoms with E-state index < -0.39 is 0 Å². The minimum absolute atomic E-state index is 0.212. The molecule has 96 valence electrons. The van der Waals surface area contributed by atoms with E-state index in [-0.39, 0.29) is 5.75 Å². The number of nitrogens with one attached hydrogen (secondary N) is 1. The topological polar surface area (TPSA) is 48.9 Å². The van der Waals surface area contributed by atoms with E-state index in [1.165, 1.54) is 0 Å². The zero-order valence-corrected chi connectivity index (χ0v) is 10.7. The second-order valence-corrected chi connectivity index (χ2v) is 4.79. The molecular weight excluding hydrogens is 248 g/mol. The first kappa shape index (κ1) is 11.1. The summed E-state index contributed by atoms with van der Waals surface area (Å²) in [5, 5.41) is 12.0. The second kappa shape index (κ2) is 4.10. The number of phenolic OH excluding ortho intramolecular Hbond substituents is 1. The van der Waals surface area contributed by atoms with Crippen molar-refractivity contribution in [3.8, 4) is 17.0 Å². The van der Waals surface area contributed by atoms with E-state index in [1.54, 1.807) is 6.07 Å². The van der Waals surface area contributed by atoms with Gasteiger partial charge in [0, 0.05) is 28.0 Å². The molecular formula is C17H12N2O. The molecule has 0 unspecified atom stereocenters. The second-order valence-electron chi connectivity index (χ2n) is 4.79. The molecule has 0 amide bonds. The fourth-order valence-corrected chi connectivity index (χ4v) is 2.56. The molecule has 0 atom stereocenters. The summed E-state index contributed by atoms with van der Waals surface area (Å²) in [5.41, 5.74) is 3.62. The van der Waals surface area contributed by atoms with Gasteiger partial charge in [0.1, 0.15) is 11.3 Å². The van der Waals surface area contributed by atoms with Gasteiger partial charge in [0.05, 0.1) is 5.69 Å². The Hall–Kier alpha value is -2.81.